The van der Waals surface area contributed by atoms with E-state index < -0.39 is 0 Å². The van der Waals surface area contributed by atoms with Crippen LogP contribution in [0.4, 0.5) is 0 Å². The Morgan fingerprint density at radius 2 is 2.00 bits per heavy atom. The van der Waals surface area contributed by atoms with Crippen molar-refractivity contribution >= 4 is 0 Å². The average Bonchev–Trinajstić information content (AvgIpc) is 3.16. The van der Waals surface area contributed by atoms with Crippen molar-refractivity contribution in [3.63, 3.8) is 0 Å². The van der Waals surface area contributed by atoms with Gasteiger partial charge in [0.15, 0.2) is 0 Å². The molecule has 4 heteroatoms. The highest BCUT2D eigenvalue weighted by atomic mass is 16.3. The molecule has 5 rings (SSSR count). The molecule has 0 fully saturated rings. The minimum absolute atomic E-state index is 0.290. The van der Waals surface area contributed by atoms with Crippen LogP contribution in [0.15, 0.2) is 41.3 Å². The molecule has 0 spiro atoms. The molecule has 2 heterocycles. The third-order valence-corrected chi connectivity index (χ3v) is 6.37. The van der Waals surface area contributed by atoms with Crippen LogP contribution in [0.5, 0.6) is 0 Å². The number of hydrogen-bond acceptors (Lipinski definition) is 4. The molecule has 2 aromatic heterocycles. The van der Waals surface area contributed by atoms with Crippen molar-refractivity contribution in [2.45, 2.75) is 58.4 Å². The number of rotatable bonds is 2. The summed E-state index contributed by atoms with van der Waals surface area (Å²) in [6, 6.07) is 6.88. The summed E-state index contributed by atoms with van der Waals surface area (Å²) in [4.78, 5) is 9.30. The third kappa shape index (κ3) is 3.16. The van der Waals surface area contributed by atoms with Gasteiger partial charge in [0.05, 0.1) is 5.56 Å². The summed E-state index contributed by atoms with van der Waals surface area (Å²) in [5, 5.41) is 0. The van der Waals surface area contributed by atoms with Crippen molar-refractivity contribution in [2.75, 3.05) is 0 Å². The van der Waals surface area contributed by atoms with Gasteiger partial charge in [-0.1, -0.05) is 26.0 Å². The largest absolute Gasteiger partial charge is 0.444 e. The number of pyridine rings is 1. The summed E-state index contributed by atoms with van der Waals surface area (Å²) < 4.78 is 5.91. The zero-order valence-corrected chi connectivity index (χ0v) is 16.7. The average molecular weight is 374 g/mol. The highest BCUT2D eigenvalue weighted by Crippen LogP contribution is 2.38. The monoisotopic (exact) mass is 373 g/mol. The first-order valence-corrected chi connectivity index (χ1v) is 10.3. The SMILES string of the molecule is CC1(C)CCc2c(cncc2-c2nc(-c3ccc4c(c3)CCC(N)C4)co2)C1. The van der Waals surface area contributed by atoms with E-state index in [2.05, 4.69) is 37.0 Å². The number of nitrogens with two attached hydrogens (primary N) is 1. The smallest absolute Gasteiger partial charge is 0.228 e. The van der Waals surface area contributed by atoms with E-state index in [0.717, 1.165) is 48.9 Å². The highest BCUT2D eigenvalue weighted by Gasteiger charge is 2.28. The lowest BCUT2D eigenvalue weighted by Crippen LogP contribution is -2.27. The predicted octanol–water partition coefficient (Wildman–Crippen LogP) is 4.73. The fraction of sp³-hybridized carbons (Fsp3) is 0.417. The molecule has 1 atom stereocenters. The summed E-state index contributed by atoms with van der Waals surface area (Å²) in [5.74, 6) is 0.679. The number of oxazole rings is 1. The quantitative estimate of drug-likeness (QED) is 0.705. The molecule has 2 aliphatic rings. The van der Waals surface area contributed by atoms with Crippen molar-refractivity contribution < 1.29 is 4.42 Å². The lowest BCUT2D eigenvalue weighted by Gasteiger charge is -2.31. The van der Waals surface area contributed by atoms with Crippen LogP contribution in [0.2, 0.25) is 0 Å². The maximum atomic E-state index is 6.11. The molecule has 4 nitrogen and oxygen atoms in total. The molecule has 0 amide bonds. The molecule has 0 bridgehead atoms. The summed E-state index contributed by atoms with van der Waals surface area (Å²) in [7, 11) is 0. The van der Waals surface area contributed by atoms with Crippen molar-refractivity contribution in [1.29, 1.82) is 0 Å². The van der Waals surface area contributed by atoms with Crippen molar-refractivity contribution in [2.24, 2.45) is 11.1 Å². The van der Waals surface area contributed by atoms with E-state index in [9.17, 15) is 0 Å². The van der Waals surface area contributed by atoms with E-state index >= 15 is 0 Å². The zero-order valence-electron chi connectivity index (χ0n) is 16.7. The Morgan fingerprint density at radius 3 is 2.89 bits per heavy atom. The molecule has 0 saturated carbocycles. The second kappa shape index (κ2) is 6.56. The zero-order chi connectivity index (χ0) is 19.3. The highest BCUT2D eigenvalue weighted by molar-refractivity contribution is 5.66. The standard InChI is InChI=1S/C24H27N3O/c1-24(2)8-7-20-18(11-24)12-26-13-21(20)23-27-22(14-28-23)17-4-3-16-10-19(25)6-5-15(16)9-17/h3-4,9,12-14,19H,5-8,10-11,25H2,1-2H3. The van der Waals surface area contributed by atoms with E-state index in [-0.39, 0.29) is 0 Å². The van der Waals surface area contributed by atoms with E-state index in [4.69, 9.17) is 15.1 Å². The fourth-order valence-corrected chi connectivity index (χ4v) is 4.70. The number of nitrogens with zero attached hydrogens (tertiary/aromatic N) is 2. The topological polar surface area (TPSA) is 64.9 Å². The minimum Gasteiger partial charge on any atom is -0.444 e. The number of fused-ring (bicyclic) bond motifs is 2. The second-order valence-corrected chi connectivity index (χ2v) is 9.19. The van der Waals surface area contributed by atoms with E-state index in [1.165, 1.54) is 28.7 Å². The molecule has 28 heavy (non-hydrogen) atoms. The Labute approximate surface area is 166 Å². The van der Waals surface area contributed by atoms with Gasteiger partial charge < -0.3 is 10.2 Å². The third-order valence-electron chi connectivity index (χ3n) is 6.37. The minimum atomic E-state index is 0.290. The van der Waals surface area contributed by atoms with E-state index in [0.29, 0.717) is 17.3 Å². The van der Waals surface area contributed by atoms with Gasteiger partial charge in [0.2, 0.25) is 5.89 Å². The van der Waals surface area contributed by atoms with E-state index in [1.54, 1.807) is 6.26 Å². The molecule has 2 aliphatic carbocycles. The summed E-state index contributed by atoms with van der Waals surface area (Å²) in [5.41, 5.74) is 14.9. The lowest BCUT2D eigenvalue weighted by molar-refractivity contribution is 0.315. The number of aromatic nitrogens is 2. The fourth-order valence-electron chi connectivity index (χ4n) is 4.70. The van der Waals surface area contributed by atoms with Crippen LogP contribution < -0.4 is 5.73 Å². The molecule has 2 N–H and O–H groups in total. The summed E-state index contributed by atoms with van der Waals surface area (Å²) in [6.07, 6.45) is 12.0. The summed E-state index contributed by atoms with van der Waals surface area (Å²) >= 11 is 0. The maximum absolute atomic E-state index is 6.11. The number of hydrogen-bond donors (Lipinski definition) is 1. The van der Waals surface area contributed by atoms with Crippen LogP contribution in [0.25, 0.3) is 22.7 Å². The number of aryl methyl sites for hydroxylation is 1. The lowest BCUT2D eigenvalue weighted by atomic mass is 9.74. The van der Waals surface area contributed by atoms with Crippen molar-refractivity contribution in [3.05, 3.63) is 59.1 Å². The Morgan fingerprint density at radius 1 is 1.11 bits per heavy atom. The van der Waals surface area contributed by atoms with E-state index in [1.807, 2.05) is 12.4 Å². The molecule has 0 saturated heterocycles. The first-order chi connectivity index (χ1) is 13.5. The van der Waals surface area contributed by atoms with Crippen LogP contribution >= 0.6 is 0 Å². The van der Waals surface area contributed by atoms with Gasteiger partial charge in [-0.3, -0.25) is 4.98 Å². The van der Waals surface area contributed by atoms with Gasteiger partial charge in [-0.05, 0) is 72.3 Å². The van der Waals surface area contributed by atoms with Crippen LogP contribution in [0.3, 0.4) is 0 Å². The van der Waals surface area contributed by atoms with Gasteiger partial charge in [0.1, 0.15) is 12.0 Å². The van der Waals surface area contributed by atoms with Gasteiger partial charge in [0.25, 0.3) is 0 Å². The van der Waals surface area contributed by atoms with Crippen LogP contribution in [-0.2, 0) is 25.7 Å². The Hall–Kier alpha value is -2.46. The van der Waals surface area contributed by atoms with Crippen LogP contribution in [0.1, 0.15) is 48.9 Å². The molecular formula is C24H27N3O. The Bertz CT molecular complexity index is 1030. The Balaban J connectivity index is 1.48. The molecule has 144 valence electrons. The van der Waals surface area contributed by atoms with Gasteiger partial charge in [-0.2, -0.15) is 0 Å². The molecule has 0 radical (unpaired) electrons. The van der Waals surface area contributed by atoms with Crippen molar-refractivity contribution in [3.8, 4) is 22.7 Å². The van der Waals surface area contributed by atoms with Gasteiger partial charge >= 0.3 is 0 Å². The van der Waals surface area contributed by atoms with Gasteiger partial charge in [-0.15, -0.1) is 0 Å². The van der Waals surface area contributed by atoms with Crippen LogP contribution in [-0.4, -0.2) is 16.0 Å². The molecular weight excluding hydrogens is 346 g/mol. The predicted molar refractivity (Wildman–Crippen MR) is 111 cm³/mol. The van der Waals surface area contributed by atoms with Crippen LogP contribution in [0, 0.1) is 5.41 Å². The first kappa shape index (κ1) is 17.6. The summed E-state index contributed by atoms with van der Waals surface area (Å²) in [6.45, 7) is 4.66. The second-order valence-electron chi connectivity index (χ2n) is 9.19. The number of benzene rings is 1. The molecule has 1 unspecified atom stereocenters. The van der Waals surface area contributed by atoms with Gasteiger partial charge in [-0.25, -0.2) is 4.98 Å². The Kier molecular flexibility index (Phi) is 4.13. The maximum Gasteiger partial charge on any atom is 0.228 e. The first-order valence-electron chi connectivity index (χ1n) is 10.3. The normalized spacial score (nSPS) is 20.5. The molecule has 1 aromatic carbocycles. The van der Waals surface area contributed by atoms with Crippen molar-refractivity contribution in [1.82, 2.24) is 9.97 Å². The molecule has 0 aliphatic heterocycles. The molecule has 3 aromatic rings. The van der Waals surface area contributed by atoms with Gasteiger partial charge in [0, 0.05) is 24.0 Å².